The molecule has 2 aromatic carbocycles. The van der Waals surface area contributed by atoms with Crippen molar-refractivity contribution in [1.29, 1.82) is 0 Å². The summed E-state index contributed by atoms with van der Waals surface area (Å²) >= 11 is 3.44. The van der Waals surface area contributed by atoms with Crippen LogP contribution < -0.4 is 5.73 Å². The largest absolute Gasteiger partial charge is 0.369 e. The van der Waals surface area contributed by atoms with E-state index < -0.39 is 0 Å². The maximum Gasteiger partial charge on any atom is 0.205 e. The SMILES string of the molecule is Cc1cccc2nc(N)n(-c3ccc(Br)cc3)c12. The lowest BCUT2D eigenvalue weighted by molar-refractivity contribution is 1.10. The molecule has 0 saturated carbocycles. The molecule has 0 bridgehead atoms. The Bertz CT molecular complexity index is 714. The molecule has 1 heterocycles. The number of halogens is 1. The van der Waals surface area contributed by atoms with Crippen molar-refractivity contribution in [2.24, 2.45) is 0 Å². The van der Waals surface area contributed by atoms with E-state index in [-0.39, 0.29) is 0 Å². The summed E-state index contributed by atoms with van der Waals surface area (Å²) in [5, 5.41) is 0. The molecule has 3 nitrogen and oxygen atoms in total. The number of hydrogen-bond donors (Lipinski definition) is 1. The number of fused-ring (bicyclic) bond motifs is 1. The quantitative estimate of drug-likeness (QED) is 0.745. The smallest absolute Gasteiger partial charge is 0.205 e. The molecule has 3 rings (SSSR count). The van der Waals surface area contributed by atoms with Crippen LogP contribution in [0.2, 0.25) is 0 Å². The van der Waals surface area contributed by atoms with Gasteiger partial charge in [0.15, 0.2) is 0 Å². The standard InChI is InChI=1S/C14H12BrN3/c1-9-3-2-4-12-13(9)18(14(16)17-12)11-7-5-10(15)6-8-11/h2-8H,1H3,(H2,16,17). The Morgan fingerprint density at radius 2 is 1.83 bits per heavy atom. The molecule has 18 heavy (non-hydrogen) atoms. The highest BCUT2D eigenvalue weighted by Gasteiger charge is 2.11. The Morgan fingerprint density at radius 1 is 1.11 bits per heavy atom. The maximum atomic E-state index is 6.03. The van der Waals surface area contributed by atoms with E-state index in [4.69, 9.17) is 5.73 Å². The summed E-state index contributed by atoms with van der Waals surface area (Å²) < 4.78 is 3.03. The molecule has 0 atom stereocenters. The fourth-order valence-corrected chi connectivity index (χ4v) is 2.43. The maximum absolute atomic E-state index is 6.03. The molecule has 2 N–H and O–H groups in total. The summed E-state index contributed by atoms with van der Waals surface area (Å²) in [6.45, 7) is 2.07. The van der Waals surface area contributed by atoms with Crippen LogP contribution in [0.4, 0.5) is 5.95 Å². The van der Waals surface area contributed by atoms with Crippen LogP contribution in [0.15, 0.2) is 46.9 Å². The van der Waals surface area contributed by atoms with Gasteiger partial charge in [-0.2, -0.15) is 0 Å². The molecule has 0 radical (unpaired) electrons. The third-order valence-corrected chi connectivity index (χ3v) is 3.52. The molecule has 0 aliphatic carbocycles. The van der Waals surface area contributed by atoms with E-state index >= 15 is 0 Å². The Kier molecular flexibility index (Phi) is 2.59. The fraction of sp³-hybridized carbons (Fsp3) is 0.0714. The van der Waals surface area contributed by atoms with Gasteiger partial charge in [-0.3, -0.25) is 4.57 Å². The first-order chi connectivity index (χ1) is 8.66. The second-order valence-corrected chi connectivity index (χ2v) is 5.14. The van der Waals surface area contributed by atoms with E-state index in [1.165, 1.54) is 5.56 Å². The van der Waals surface area contributed by atoms with Gasteiger partial charge in [0.1, 0.15) is 0 Å². The lowest BCUT2D eigenvalue weighted by Gasteiger charge is -2.08. The number of rotatable bonds is 1. The van der Waals surface area contributed by atoms with Gasteiger partial charge in [0.25, 0.3) is 0 Å². The summed E-state index contributed by atoms with van der Waals surface area (Å²) in [7, 11) is 0. The number of aryl methyl sites for hydroxylation is 1. The summed E-state index contributed by atoms with van der Waals surface area (Å²) in [4.78, 5) is 4.40. The summed E-state index contributed by atoms with van der Waals surface area (Å²) in [6.07, 6.45) is 0. The first kappa shape index (κ1) is 11.3. The highest BCUT2D eigenvalue weighted by Crippen LogP contribution is 2.26. The second kappa shape index (κ2) is 4.14. The number of aromatic nitrogens is 2. The van der Waals surface area contributed by atoms with E-state index in [2.05, 4.69) is 33.9 Å². The number of benzene rings is 2. The lowest BCUT2D eigenvalue weighted by Crippen LogP contribution is -2.01. The van der Waals surface area contributed by atoms with Gasteiger partial charge < -0.3 is 5.73 Å². The fourth-order valence-electron chi connectivity index (χ4n) is 2.16. The van der Waals surface area contributed by atoms with Gasteiger partial charge >= 0.3 is 0 Å². The van der Waals surface area contributed by atoms with Crippen LogP contribution >= 0.6 is 15.9 Å². The van der Waals surface area contributed by atoms with Crippen molar-refractivity contribution in [1.82, 2.24) is 9.55 Å². The van der Waals surface area contributed by atoms with Crippen molar-refractivity contribution in [2.75, 3.05) is 5.73 Å². The third-order valence-electron chi connectivity index (χ3n) is 2.99. The summed E-state index contributed by atoms with van der Waals surface area (Å²) in [6, 6.07) is 14.1. The zero-order chi connectivity index (χ0) is 12.7. The predicted octanol–water partition coefficient (Wildman–Crippen LogP) is 3.68. The van der Waals surface area contributed by atoms with Crippen molar-refractivity contribution < 1.29 is 0 Å². The highest BCUT2D eigenvalue weighted by atomic mass is 79.9. The zero-order valence-corrected chi connectivity index (χ0v) is 11.5. The Balaban J connectivity index is 2.34. The number of imidazole rings is 1. The lowest BCUT2D eigenvalue weighted by atomic mass is 10.2. The van der Waals surface area contributed by atoms with Gasteiger partial charge in [0, 0.05) is 10.2 Å². The third kappa shape index (κ3) is 1.69. The number of hydrogen-bond acceptors (Lipinski definition) is 2. The van der Waals surface area contributed by atoms with Crippen LogP contribution in [0.5, 0.6) is 0 Å². The average molecular weight is 302 g/mol. The topological polar surface area (TPSA) is 43.8 Å². The second-order valence-electron chi connectivity index (χ2n) is 4.22. The number of anilines is 1. The molecular formula is C14H12BrN3. The van der Waals surface area contributed by atoms with E-state index in [9.17, 15) is 0 Å². The van der Waals surface area contributed by atoms with E-state index in [0.29, 0.717) is 5.95 Å². The van der Waals surface area contributed by atoms with Crippen LogP contribution in [-0.2, 0) is 0 Å². The van der Waals surface area contributed by atoms with E-state index in [1.807, 2.05) is 41.0 Å². The van der Waals surface area contributed by atoms with Crippen LogP contribution in [0, 0.1) is 6.92 Å². The highest BCUT2D eigenvalue weighted by molar-refractivity contribution is 9.10. The van der Waals surface area contributed by atoms with Gasteiger partial charge in [0.05, 0.1) is 11.0 Å². The Hall–Kier alpha value is -1.81. The molecule has 0 aliphatic heterocycles. The first-order valence-electron chi connectivity index (χ1n) is 5.66. The minimum atomic E-state index is 0.515. The van der Waals surface area contributed by atoms with Gasteiger partial charge in [-0.05, 0) is 42.8 Å². The minimum absolute atomic E-state index is 0.515. The van der Waals surface area contributed by atoms with E-state index in [0.717, 1.165) is 21.2 Å². The van der Waals surface area contributed by atoms with Gasteiger partial charge in [-0.1, -0.05) is 28.1 Å². The molecule has 0 spiro atoms. The molecule has 0 saturated heterocycles. The van der Waals surface area contributed by atoms with Crippen molar-refractivity contribution in [3.05, 3.63) is 52.5 Å². The molecule has 0 amide bonds. The van der Waals surface area contributed by atoms with Gasteiger partial charge in [-0.15, -0.1) is 0 Å². The molecule has 3 aromatic rings. The monoisotopic (exact) mass is 301 g/mol. The average Bonchev–Trinajstić information content (AvgIpc) is 2.68. The normalized spacial score (nSPS) is 11.0. The van der Waals surface area contributed by atoms with Crippen LogP contribution in [0.3, 0.4) is 0 Å². The molecular weight excluding hydrogens is 290 g/mol. The molecule has 0 fully saturated rings. The summed E-state index contributed by atoms with van der Waals surface area (Å²) in [5.41, 5.74) is 10.2. The molecule has 1 aromatic heterocycles. The Labute approximate surface area is 113 Å². The van der Waals surface area contributed by atoms with Crippen molar-refractivity contribution in [2.45, 2.75) is 6.92 Å². The number of nitrogen functional groups attached to an aromatic ring is 1. The van der Waals surface area contributed by atoms with E-state index in [1.54, 1.807) is 0 Å². The predicted molar refractivity (Wildman–Crippen MR) is 77.9 cm³/mol. The van der Waals surface area contributed by atoms with Crippen molar-refractivity contribution >= 4 is 32.9 Å². The van der Waals surface area contributed by atoms with Crippen molar-refractivity contribution in [3.8, 4) is 5.69 Å². The first-order valence-corrected chi connectivity index (χ1v) is 6.45. The molecule has 4 heteroatoms. The number of nitrogens with two attached hydrogens (primary N) is 1. The van der Waals surface area contributed by atoms with Gasteiger partial charge in [0.2, 0.25) is 5.95 Å². The Morgan fingerprint density at radius 3 is 2.56 bits per heavy atom. The minimum Gasteiger partial charge on any atom is -0.369 e. The number of nitrogens with zero attached hydrogens (tertiary/aromatic N) is 2. The number of para-hydroxylation sites is 1. The molecule has 0 unspecified atom stereocenters. The summed E-state index contributed by atoms with van der Waals surface area (Å²) in [5.74, 6) is 0.515. The van der Waals surface area contributed by atoms with Gasteiger partial charge in [-0.25, -0.2) is 4.98 Å². The van der Waals surface area contributed by atoms with Crippen LogP contribution in [0.1, 0.15) is 5.56 Å². The molecule has 90 valence electrons. The molecule has 0 aliphatic rings. The zero-order valence-electron chi connectivity index (χ0n) is 9.89. The van der Waals surface area contributed by atoms with Crippen LogP contribution in [0.25, 0.3) is 16.7 Å². The van der Waals surface area contributed by atoms with Crippen molar-refractivity contribution in [3.63, 3.8) is 0 Å². The van der Waals surface area contributed by atoms with Crippen LogP contribution in [-0.4, -0.2) is 9.55 Å².